The molecular formula is C15H26O2. The highest BCUT2D eigenvalue weighted by Crippen LogP contribution is 2.59. The van der Waals surface area contributed by atoms with Crippen LogP contribution in [0.1, 0.15) is 53.4 Å². The van der Waals surface area contributed by atoms with Crippen LogP contribution in [0.3, 0.4) is 0 Å². The van der Waals surface area contributed by atoms with Gasteiger partial charge in [-0.25, -0.2) is 0 Å². The van der Waals surface area contributed by atoms with Gasteiger partial charge >= 0.3 is 0 Å². The van der Waals surface area contributed by atoms with Crippen LogP contribution in [0.4, 0.5) is 0 Å². The van der Waals surface area contributed by atoms with Crippen LogP contribution >= 0.6 is 0 Å². The fourth-order valence-electron chi connectivity index (χ4n) is 3.87. The zero-order valence-corrected chi connectivity index (χ0v) is 11.6. The van der Waals surface area contributed by atoms with Crippen molar-refractivity contribution in [2.75, 3.05) is 0 Å². The Hall–Kier alpha value is -0.340. The summed E-state index contributed by atoms with van der Waals surface area (Å²) in [5.41, 5.74) is -0.468. The second kappa shape index (κ2) is 3.83. The molecule has 0 aliphatic carbocycles. The molecule has 98 valence electrons. The number of hydrogen-bond acceptors (Lipinski definition) is 2. The van der Waals surface area contributed by atoms with E-state index in [0.717, 1.165) is 12.8 Å². The minimum Gasteiger partial charge on any atom is -0.386 e. The summed E-state index contributed by atoms with van der Waals surface area (Å²) < 4.78 is 6.18. The van der Waals surface area contributed by atoms with Crippen LogP contribution in [0.25, 0.3) is 0 Å². The molecule has 2 bridgehead atoms. The van der Waals surface area contributed by atoms with E-state index < -0.39 is 5.60 Å². The van der Waals surface area contributed by atoms with Crippen molar-refractivity contribution in [1.82, 2.24) is 0 Å². The molecule has 2 aliphatic heterocycles. The van der Waals surface area contributed by atoms with Crippen LogP contribution in [0, 0.1) is 11.3 Å². The van der Waals surface area contributed by atoms with Gasteiger partial charge in [-0.15, -0.1) is 6.58 Å². The fourth-order valence-corrected chi connectivity index (χ4v) is 3.87. The first-order valence-electron chi connectivity index (χ1n) is 6.75. The molecule has 2 nitrogen and oxygen atoms in total. The number of ether oxygens (including phenoxy) is 1. The third-order valence-corrected chi connectivity index (χ3v) is 5.16. The molecule has 2 aliphatic rings. The molecular weight excluding hydrogens is 212 g/mol. The van der Waals surface area contributed by atoms with E-state index >= 15 is 0 Å². The molecule has 0 saturated carbocycles. The molecule has 0 aromatic rings. The van der Waals surface area contributed by atoms with E-state index in [-0.39, 0.29) is 11.0 Å². The van der Waals surface area contributed by atoms with E-state index in [9.17, 15) is 5.11 Å². The van der Waals surface area contributed by atoms with Crippen molar-refractivity contribution < 1.29 is 9.84 Å². The maximum Gasteiger partial charge on any atom is 0.0797 e. The Morgan fingerprint density at radius 1 is 1.47 bits per heavy atom. The Kier molecular flexibility index (Phi) is 2.95. The van der Waals surface area contributed by atoms with Crippen molar-refractivity contribution in [3.05, 3.63) is 12.7 Å². The van der Waals surface area contributed by atoms with E-state index in [1.807, 2.05) is 6.92 Å². The summed E-state index contributed by atoms with van der Waals surface area (Å²) in [7, 11) is 0. The van der Waals surface area contributed by atoms with Gasteiger partial charge in [0.2, 0.25) is 0 Å². The first kappa shape index (κ1) is 13.1. The molecule has 17 heavy (non-hydrogen) atoms. The molecule has 0 aromatic carbocycles. The van der Waals surface area contributed by atoms with Gasteiger partial charge in [0.25, 0.3) is 0 Å². The number of aliphatic hydroxyl groups is 1. The molecule has 0 radical (unpaired) electrons. The summed E-state index contributed by atoms with van der Waals surface area (Å²) >= 11 is 0. The second-order valence-electron chi connectivity index (χ2n) is 6.93. The van der Waals surface area contributed by atoms with Crippen LogP contribution in [-0.2, 0) is 4.74 Å². The molecule has 2 fully saturated rings. The molecule has 1 N–H and O–H groups in total. The van der Waals surface area contributed by atoms with Gasteiger partial charge in [0, 0.05) is 0 Å². The number of hydrogen-bond donors (Lipinski definition) is 1. The summed E-state index contributed by atoms with van der Waals surface area (Å²) in [5.74, 6) is 0.542. The molecule has 2 heteroatoms. The van der Waals surface area contributed by atoms with Gasteiger partial charge < -0.3 is 9.84 Å². The largest absolute Gasteiger partial charge is 0.386 e. The fraction of sp³-hybridized carbons (Fsp3) is 0.867. The highest BCUT2D eigenvalue weighted by molar-refractivity contribution is 5.09. The zero-order chi connectivity index (χ0) is 12.9. The molecule has 0 spiro atoms. The molecule has 0 aromatic heterocycles. The Morgan fingerprint density at radius 3 is 2.59 bits per heavy atom. The van der Waals surface area contributed by atoms with Gasteiger partial charge in [0.1, 0.15) is 0 Å². The Morgan fingerprint density at radius 2 is 2.12 bits per heavy atom. The molecule has 0 amide bonds. The molecule has 1 unspecified atom stereocenters. The predicted molar refractivity (Wildman–Crippen MR) is 69.8 cm³/mol. The lowest BCUT2D eigenvalue weighted by atomic mass is 9.62. The highest BCUT2D eigenvalue weighted by atomic mass is 16.5. The standard InChI is InChI=1S/C15H26O2/c1-6-14(4,16)9-7-11-13(2,3)12-8-10-15(11,5)17-12/h6,11-12,16H,1,7-10H2,2-5H3/t11-,12-,14?,15+/m1/s1. The highest BCUT2D eigenvalue weighted by Gasteiger charge is 2.60. The van der Waals surface area contributed by atoms with Crippen molar-refractivity contribution in [2.24, 2.45) is 11.3 Å². The van der Waals surface area contributed by atoms with Crippen LogP contribution in [-0.4, -0.2) is 22.4 Å². The lowest BCUT2D eigenvalue weighted by molar-refractivity contribution is -0.000250. The average molecular weight is 238 g/mol. The third kappa shape index (κ3) is 2.06. The topological polar surface area (TPSA) is 29.5 Å². The summed E-state index contributed by atoms with van der Waals surface area (Å²) in [4.78, 5) is 0. The lowest BCUT2D eigenvalue weighted by Gasteiger charge is -2.40. The lowest BCUT2D eigenvalue weighted by Crippen LogP contribution is -2.41. The number of rotatable bonds is 4. The van der Waals surface area contributed by atoms with Gasteiger partial charge in [-0.1, -0.05) is 19.9 Å². The third-order valence-electron chi connectivity index (χ3n) is 5.16. The van der Waals surface area contributed by atoms with E-state index in [1.54, 1.807) is 6.08 Å². The molecule has 2 saturated heterocycles. The summed E-state index contributed by atoms with van der Waals surface area (Å²) in [6.45, 7) is 12.4. The second-order valence-corrected chi connectivity index (χ2v) is 6.93. The van der Waals surface area contributed by atoms with E-state index in [1.165, 1.54) is 12.8 Å². The smallest absolute Gasteiger partial charge is 0.0797 e. The van der Waals surface area contributed by atoms with E-state index in [0.29, 0.717) is 12.0 Å². The maximum absolute atomic E-state index is 10.0. The minimum atomic E-state index is -0.742. The quantitative estimate of drug-likeness (QED) is 0.761. The first-order chi connectivity index (χ1) is 7.71. The summed E-state index contributed by atoms with van der Waals surface area (Å²) in [5, 5.41) is 10.0. The SMILES string of the molecule is C=CC(C)(O)CC[C@@H]1C(C)(C)[C@H]2CC[C@]1(C)O2. The van der Waals surface area contributed by atoms with Gasteiger partial charge in [-0.05, 0) is 50.9 Å². The van der Waals surface area contributed by atoms with Crippen molar-refractivity contribution in [3.8, 4) is 0 Å². The summed E-state index contributed by atoms with van der Waals surface area (Å²) in [6, 6.07) is 0. The van der Waals surface area contributed by atoms with Gasteiger partial charge in [-0.3, -0.25) is 0 Å². The van der Waals surface area contributed by atoms with Crippen molar-refractivity contribution in [1.29, 1.82) is 0 Å². The van der Waals surface area contributed by atoms with Gasteiger partial charge in [0.15, 0.2) is 0 Å². The monoisotopic (exact) mass is 238 g/mol. The normalized spacial score (nSPS) is 42.4. The molecule has 2 rings (SSSR count). The van der Waals surface area contributed by atoms with Crippen LogP contribution in [0.5, 0.6) is 0 Å². The summed E-state index contributed by atoms with van der Waals surface area (Å²) in [6.07, 6.45) is 6.21. The average Bonchev–Trinajstić information content (AvgIpc) is 2.68. The first-order valence-corrected chi connectivity index (χ1v) is 6.75. The molecule has 4 atom stereocenters. The van der Waals surface area contributed by atoms with E-state index in [2.05, 4.69) is 27.4 Å². The Labute approximate surface area is 105 Å². The van der Waals surface area contributed by atoms with Crippen LogP contribution < -0.4 is 0 Å². The van der Waals surface area contributed by atoms with Crippen molar-refractivity contribution >= 4 is 0 Å². The Bertz CT molecular complexity index is 314. The van der Waals surface area contributed by atoms with E-state index in [4.69, 9.17) is 4.74 Å². The van der Waals surface area contributed by atoms with Gasteiger partial charge in [0.05, 0.1) is 17.3 Å². The number of fused-ring (bicyclic) bond motifs is 2. The van der Waals surface area contributed by atoms with Crippen molar-refractivity contribution in [3.63, 3.8) is 0 Å². The molecule has 2 heterocycles. The maximum atomic E-state index is 10.0. The minimum absolute atomic E-state index is 0.0332. The Balaban J connectivity index is 2.08. The van der Waals surface area contributed by atoms with Gasteiger partial charge in [-0.2, -0.15) is 0 Å². The van der Waals surface area contributed by atoms with Crippen LogP contribution in [0.15, 0.2) is 12.7 Å². The zero-order valence-electron chi connectivity index (χ0n) is 11.6. The van der Waals surface area contributed by atoms with Crippen molar-refractivity contribution in [2.45, 2.75) is 70.7 Å². The van der Waals surface area contributed by atoms with Crippen LogP contribution in [0.2, 0.25) is 0 Å². The predicted octanol–water partition coefficient (Wildman–Crippen LogP) is 3.30.